The van der Waals surface area contributed by atoms with Crippen molar-refractivity contribution in [2.24, 2.45) is 10.9 Å². The SMILES string of the molecule is Cc1ccc(C(=O)NCCCC/C(N)=N/O)c(Cl)c1. The van der Waals surface area contributed by atoms with Gasteiger partial charge in [0.25, 0.3) is 5.91 Å². The monoisotopic (exact) mass is 283 g/mol. The summed E-state index contributed by atoms with van der Waals surface area (Å²) >= 11 is 6.00. The third-order valence-electron chi connectivity index (χ3n) is 2.64. The lowest BCUT2D eigenvalue weighted by molar-refractivity contribution is 0.0953. The van der Waals surface area contributed by atoms with Crippen LogP contribution in [0.15, 0.2) is 23.4 Å². The molecule has 0 saturated heterocycles. The van der Waals surface area contributed by atoms with Crippen LogP contribution in [-0.2, 0) is 0 Å². The molecule has 0 aliphatic carbocycles. The Kier molecular flexibility index (Phi) is 6.15. The molecule has 1 aromatic carbocycles. The number of nitrogens with zero attached hydrogens (tertiary/aromatic N) is 1. The summed E-state index contributed by atoms with van der Waals surface area (Å²) in [5, 5.41) is 14.5. The summed E-state index contributed by atoms with van der Waals surface area (Å²) in [7, 11) is 0. The molecule has 0 saturated carbocycles. The Morgan fingerprint density at radius 1 is 1.47 bits per heavy atom. The zero-order chi connectivity index (χ0) is 14.3. The highest BCUT2D eigenvalue weighted by molar-refractivity contribution is 6.33. The highest BCUT2D eigenvalue weighted by Crippen LogP contribution is 2.17. The number of hydrogen-bond donors (Lipinski definition) is 3. The maximum absolute atomic E-state index is 11.8. The van der Waals surface area contributed by atoms with Crippen LogP contribution in [0.1, 0.15) is 35.2 Å². The molecule has 0 heterocycles. The number of benzene rings is 1. The normalized spacial score (nSPS) is 11.4. The van der Waals surface area contributed by atoms with Crippen LogP contribution in [0.2, 0.25) is 5.02 Å². The van der Waals surface area contributed by atoms with Gasteiger partial charge in [-0.15, -0.1) is 0 Å². The van der Waals surface area contributed by atoms with Crippen molar-refractivity contribution in [1.29, 1.82) is 0 Å². The van der Waals surface area contributed by atoms with Crippen molar-refractivity contribution in [3.8, 4) is 0 Å². The lowest BCUT2D eigenvalue weighted by Gasteiger charge is -2.07. The molecular formula is C13H18ClN3O2. The number of nitrogens with two attached hydrogens (primary N) is 1. The maximum atomic E-state index is 11.8. The third-order valence-corrected chi connectivity index (χ3v) is 2.96. The van der Waals surface area contributed by atoms with Gasteiger partial charge in [0.2, 0.25) is 0 Å². The highest BCUT2D eigenvalue weighted by Gasteiger charge is 2.09. The summed E-state index contributed by atoms with van der Waals surface area (Å²) in [5.74, 6) is 0.0155. The fourth-order valence-corrected chi connectivity index (χ4v) is 1.90. The Labute approximate surface area is 117 Å². The summed E-state index contributed by atoms with van der Waals surface area (Å²) in [6.07, 6.45) is 2.01. The van der Waals surface area contributed by atoms with E-state index in [1.165, 1.54) is 0 Å². The van der Waals surface area contributed by atoms with Gasteiger partial charge in [-0.2, -0.15) is 0 Å². The largest absolute Gasteiger partial charge is 0.409 e. The number of carbonyl (C=O) groups is 1. The van der Waals surface area contributed by atoms with E-state index in [9.17, 15) is 4.79 Å². The molecule has 0 spiro atoms. The van der Waals surface area contributed by atoms with E-state index in [2.05, 4.69) is 10.5 Å². The van der Waals surface area contributed by atoms with Crippen LogP contribution < -0.4 is 11.1 Å². The molecule has 0 aromatic heterocycles. The Balaban J connectivity index is 2.35. The molecule has 6 heteroatoms. The number of rotatable bonds is 6. The molecule has 0 atom stereocenters. The van der Waals surface area contributed by atoms with E-state index in [0.29, 0.717) is 23.6 Å². The molecular weight excluding hydrogens is 266 g/mol. The Bertz CT molecular complexity index is 475. The van der Waals surface area contributed by atoms with Gasteiger partial charge in [0.15, 0.2) is 0 Å². The van der Waals surface area contributed by atoms with Crippen LogP contribution in [0.4, 0.5) is 0 Å². The minimum absolute atomic E-state index is 0.186. The van der Waals surface area contributed by atoms with Gasteiger partial charge in [0, 0.05) is 13.0 Å². The van der Waals surface area contributed by atoms with Crippen molar-refractivity contribution < 1.29 is 10.0 Å². The molecule has 0 unspecified atom stereocenters. The van der Waals surface area contributed by atoms with E-state index >= 15 is 0 Å². The van der Waals surface area contributed by atoms with Gasteiger partial charge in [-0.05, 0) is 37.5 Å². The molecule has 1 amide bonds. The first-order valence-electron chi connectivity index (χ1n) is 6.05. The number of oxime groups is 1. The Hall–Kier alpha value is -1.75. The van der Waals surface area contributed by atoms with Gasteiger partial charge in [0.05, 0.1) is 10.6 Å². The predicted octanol–water partition coefficient (Wildman–Crippen LogP) is 2.29. The second-order valence-corrected chi connectivity index (χ2v) is 4.69. The first kappa shape index (κ1) is 15.3. The zero-order valence-corrected chi connectivity index (χ0v) is 11.6. The molecule has 1 rings (SSSR count). The average molecular weight is 284 g/mol. The van der Waals surface area contributed by atoms with Crippen molar-refractivity contribution in [1.82, 2.24) is 5.32 Å². The average Bonchev–Trinajstić information content (AvgIpc) is 2.37. The highest BCUT2D eigenvalue weighted by atomic mass is 35.5. The van der Waals surface area contributed by atoms with Gasteiger partial charge < -0.3 is 16.3 Å². The van der Waals surface area contributed by atoms with Crippen molar-refractivity contribution in [3.63, 3.8) is 0 Å². The second-order valence-electron chi connectivity index (χ2n) is 4.29. The quantitative estimate of drug-likeness (QED) is 0.246. The summed E-state index contributed by atoms with van der Waals surface area (Å²) in [6.45, 7) is 2.45. The van der Waals surface area contributed by atoms with Gasteiger partial charge >= 0.3 is 0 Å². The minimum Gasteiger partial charge on any atom is -0.409 e. The van der Waals surface area contributed by atoms with Gasteiger partial charge in [-0.3, -0.25) is 4.79 Å². The van der Waals surface area contributed by atoms with E-state index in [0.717, 1.165) is 18.4 Å². The van der Waals surface area contributed by atoms with E-state index < -0.39 is 0 Å². The number of carbonyl (C=O) groups excluding carboxylic acids is 1. The van der Waals surface area contributed by atoms with Crippen LogP contribution in [0.25, 0.3) is 0 Å². The van der Waals surface area contributed by atoms with Crippen LogP contribution in [0, 0.1) is 6.92 Å². The molecule has 0 aliphatic rings. The number of amides is 1. The van der Waals surface area contributed by atoms with E-state index in [1.54, 1.807) is 12.1 Å². The van der Waals surface area contributed by atoms with E-state index in [4.69, 9.17) is 22.5 Å². The first-order chi connectivity index (χ1) is 9.04. The van der Waals surface area contributed by atoms with Crippen LogP contribution >= 0.6 is 11.6 Å². The number of nitrogens with one attached hydrogen (secondary N) is 1. The van der Waals surface area contributed by atoms with E-state index in [-0.39, 0.29) is 11.7 Å². The molecule has 0 fully saturated rings. The van der Waals surface area contributed by atoms with Crippen LogP contribution in [-0.4, -0.2) is 23.5 Å². The van der Waals surface area contributed by atoms with Gasteiger partial charge in [-0.25, -0.2) is 0 Å². The second kappa shape index (κ2) is 7.63. The van der Waals surface area contributed by atoms with Crippen LogP contribution in [0.3, 0.4) is 0 Å². The fraction of sp³-hybridized carbons (Fsp3) is 0.385. The van der Waals surface area contributed by atoms with Crippen molar-refractivity contribution in [3.05, 3.63) is 34.3 Å². The summed E-state index contributed by atoms with van der Waals surface area (Å²) in [4.78, 5) is 11.8. The van der Waals surface area contributed by atoms with Crippen molar-refractivity contribution >= 4 is 23.3 Å². The topological polar surface area (TPSA) is 87.7 Å². The number of halogens is 1. The number of amidine groups is 1. The lowest BCUT2D eigenvalue weighted by atomic mass is 10.1. The Morgan fingerprint density at radius 3 is 2.84 bits per heavy atom. The molecule has 5 nitrogen and oxygen atoms in total. The standard InChI is InChI=1S/C13H18ClN3O2/c1-9-5-6-10(11(14)8-9)13(18)16-7-3-2-4-12(15)17-19/h5-6,8,19H,2-4,7H2,1H3,(H2,15,17)(H,16,18). The number of aryl methyl sites for hydroxylation is 1. The summed E-state index contributed by atoms with van der Waals surface area (Å²) in [5.41, 5.74) is 6.83. The summed E-state index contributed by atoms with van der Waals surface area (Å²) < 4.78 is 0. The minimum atomic E-state index is -0.186. The van der Waals surface area contributed by atoms with Gasteiger partial charge in [0.1, 0.15) is 5.84 Å². The van der Waals surface area contributed by atoms with Gasteiger partial charge in [-0.1, -0.05) is 22.8 Å². The molecule has 19 heavy (non-hydrogen) atoms. The molecule has 0 bridgehead atoms. The zero-order valence-electron chi connectivity index (χ0n) is 10.8. The fourth-order valence-electron chi connectivity index (χ4n) is 1.58. The maximum Gasteiger partial charge on any atom is 0.252 e. The molecule has 0 radical (unpaired) electrons. The molecule has 0 aliphatic heterocycles. The van der Waals surface area contributed by atoms with Crippen LogP contribution in [0.5, 0.6) is 0 Å². The molecule has 104 valence electrons. The summed E-state index contributed by atoms with van der Waals surface area (Å²) in [6, 6.07) is 5.32. The number of unbranched alkanes of at least 4 members (excludes halogenated alkanes) is 1. The molecule has 1 aromatic rings. The van der Waals surface area contributed by atoms with E-state index in [1.807, 2.05) is 13.0 Å². The smallest absolute Gasteiger partial charge is 0.252 e. The van der Waals surface area contributed by atoms with Crippen molar-refractivity contribution in [2.45, 2.75) is 26.2 Å². The Morgan fingerprint density at radius 2 is 2.21 bits per heavy atom. The molecule has 4 N–H and O–H groups in total. The third kappa shape index (κ3) is 5.18. The van der Waals surface area contributed by atoms with Crippen molar-refractivity contribution in [2.75, 3.05) is 6.54 Å². The number of hydrogen-bond acceptors (Lipinski definition) is 3. The predicted molar refractivity (Wildman–Crippen MR) is 75.8 cm³/mol. The lowest BCUT2D eigenvalue weighted by Crippen LogP contribution is -2.25. The first-order valence-corrected chi connectivity index (χ1v) is 6.43.